The maximum absolute atomic E-state index is 11.9. The van der Waals surface area contributed by atoms with Gasteiger partial charge in [0.25, 0.3) is 0 Å². The van der Waals surface area contributed by atoms with Gasteiger partial charge in [0.1, 0.15) is 0 Å². The largest absolute Gasteiger partial charge is 0.462 e. The summed E-state index contributed by atoms with van der Waals surface area (Å²) in [5.41, 5.74) is 2.21. The van der Waals surface area contributed by atoms with E-state index in [0.29, 0.717) is 12.2 Å². The molecule has 0 bridgehead atoms. The molecule has 4 aromatic rings. The molecule has 23 heavy (non-hydrogen) atoms. The van der Waals surface area contributed by atoms with Crippen molar-refractivity contribution in [2.24, 2.45) is 0 Å². The minimum Gasteiger partial charge on any atom is -0.462 e. The van der Waals surface area contributed by atoms with Crippen LogP contribution in [-0.4, -0.2) is 22.5 Å². The fraction of sp³-hybridized carbons (Fsp3) is 0.105. The van der Waals surface area contributed by atoms with Gasteiger partial charge >= 0.3 is 5.97 Å². The summed E-state index contributed by atoms with van der Waals surface area (Å²) in [4.78, 5) is 20.9. The van der Waals surface area contributed by atoms with E-state index in [9.17, 15) is 4.79 Å². The summed E-state index contributed by atoms with van der Waals surface area (Å²) in [6.07, 6.45) is 3.44. The number of carbonyl (C=O) groups is 1. The number of hydrogen-bond donors (Lipinski definition) is 0. The molecule has 0 saturated carbocycles. The van der Waals surface area contributed by atoms with Crippen LogP contribution in [-0.2, 0) is 4.74 Å². The SMILES string of the molecule is CCOC(=O)c1cnc2c(ccc3ncc4ccccc4c32)c1. The minimum atomic E-state index is -0.349. The second-order valence-electron chi connectivity index (χ2n) is 5.32. The topological polar surface area (TPSA) is 52.1 Å². The summed E-state index contributed by atoms with van der Waals surface area (Å²) < 4.78 is 5.04. The van der Waals surface area contributed by atoms with E-state index in [1.807, 2.05) is 42.6 Å². The van der Waals surface area contributed by atoms with E-state index in [1.54, 1.807) is 13.1 Å². The molecule has 0 unspecified atom stereocenters. The molecule has 0 aliphatic heterocycles. The number of rotatable bonds is 2. The molecule has 0 amide bonds. The predicted molar refractivity (Wildman–Crippen MR) is 90.5 cm³/mol. The monoisotopic (exact) mass is 302 g/mol. The normalized spacial score (nSPS) is 11.2. The van der Waals surface area contributed by atoms with Crippen molar-refractivity contribution in [3.8, 4) is 0 Å². The molecule has 0 saturated heterocycles. The minimum absolute atomic E-state index is 0.349. The molecule has 0 spiro atoms. The Morgan fingerprint density at radius 1 is 1.04 bits per heavy atom. The number of benzene rings is 2. The van der Waals surface area contributed by atoms with Gasteiger partial charge in [-0.05, 0) is 24.4 Å². The number of nitrogens with zero attached hydrogens (tertiary/aromatic N) is 2. The average Bonchev–Trinajstić information content (AvgIpc) is 2.60. The van der Waals surface area contributed by atoms with Gasteiger partial charge in [0.05, 0.1) is 23.2 Å². The van der Waals surface area contributed by atoms with E-state index in [-0.39, 0.29) is 5.97 Å². The summed E-state index contributed by atoms with van der Waals surface area (Å²) in [5, 5.41) is 4.10. The van der Waals surface area contributed by atoms with Crippen molar-refractivity contribution in [3.63, 3.8) is 0 Å². The molecular formula is C19H14N2O2. The highest BCUT2D eigenvalue weighted by Crippen LogP contribution is 2.29. The first kappa shape index (κ1) is 13.6. The van der Waals surface area contributed by atoms with Gasteiger partial charge in [-0.1, -0.05) is 30.3 Å². The standard InChI is InChI=1S/C19H14N2O2/c1-2-23-19(22)14-9-12-7-8-16-17(18(12)21-11-14)15-6-4-3-5-13(15)10-20-16/h3-11H,2H2,1H3. The summed E-state index contributed by atoms with van der Waals surface area (Å²) >= 11 is 0. The van der Waals surface area contributed by atoms with Gasteiger partial charge in [0.2, 0.25) is 0 Å². The third kappa shape index (κ3) is 2.19. The van der Waals surface area contributed by atoms with Crippen LogP contribution in [0, 0.1) is 0 Å². The van der Waals surface area contributed by atoms with Crippen LogP contribution in [0.25, 0.3) is 32.6 Å². The lowest BCUT2D eigenvalue weighted by atomic mass is 10.0. The Labute approximate surface area is 132 Å². The smallest absolute Gasteiger partial charge is 0.339 e. The number of hydrogen-bond acceptors (Lipinski definition) is 4. The van der Waals surface area contributed by atoms with E-state index in [0.717, 1.165) is 32.6 Å². The van der Waals surface area contributed by atoms with Crippen LogP contribution in [0.2, 0.25) is 0 Å². The molecule has 4 nitrogen and oxygen atoms in total. The fourth-order valence-electron chi connectivity index (χ4n) is 2.87. The van der Waals surface area contributed by atoms with Gasteiger partial charge in [-0.15, -0.1) is 0 Å². The Balaban J connectivity index is 2.04. The molecule has 0 atom stereocenters. The number of aromatic nitrogens is 2. The zero-order chi connectivity index (χ0) is 15.8. The zero-order valence-corrected chi connectivity index (χ0v) is 12.6. The second-order valence-corrected chi connectivity index (χ2v) is 5.32. The molecule has 2 aromatic heterocycles. The molecule has 4 rings (SSSR count). The molecule has 0 radical (unpaired) electrons. The molecule has 0 N–H and O–H groups in total. The first-order valence-electron chi connectivity index (χ1n) is 7.51. The number of fused-ring (bicyclic) bond motifs is 5. The zero-order valence-electron chi connectivity index (χ0n) is 12.6. The lowest BCUT2D eigenvalue weighted by Gasteiger charge is -2.08. The summed E-state index contributed by atoms with van der Waals surface area (Å²) in [7, 11) is 0. The average molecular weight is 302 g/mol. The van der Waals surface area contributed by atoms with Crippen LogP contribution in [0.4, 0.5) is 0 Å². The summed E-state index contributed by atoms with van der Waals surface area (Å²) in [6, 6.07) is 13.8. The van der Waals surface area contributed by atoms with Gasteiger partial charge in [-0.3, -0.25) is 9.97 Å². The maximum Gasteiger partial charge on any atom is 0.339 e. The van der Waals surface area contributed by atoms with Crippen molar-refractivity contribution in [2.75, 3.05) is 6.61 Å². The van der Waals surface area contributed by atoms with Crippen LogP contribution < -0.4 is 0 Å². The number of esters is 1. The third-order valence-corrected chi connectivity index (χ3v) is 3.91. The third-order valence-electron chi connectivity index (χ3n) is 3.91. The van der Waals surface area contributed by atoms with Gasteiger partial charge in [-0.25, -0.2) is 4.79 Å². The van der Waals surface area contributed by atoms with Crippen LogP contribution in [0.15, 0.2) is 54.9 Å². The molecule has 0 aliphatic carbocycles. The number of carbonyl (C=O) groups excluding carboxylic acids is 1. The highest BCUT2D eigenvalue weighted by molar-refractivity contribution is 6.17. The Morgan fingerprint density at radius 2 is 1.91 bits per heavy atom. The van der Waals surface area contributed by atoms with Crippen molar-refractivity contribution < 1.29 is 9.53 Å². The van der Waals surface area contributed by atoms with E-state index in [4.69, 9.17) is 4.74 Å². The Hall–Kier alpha value is -3.01. The van der Waals surface area contributed by atoms with Crippen molar-refractivity contribution in [1.82, 2.24) is 9.97 Å². The quantitative estimate of drug-likeness (QED) is 0.413. The van der Waals surface area contributed by atoms with Gasteiger partial charge in [0.15, 0.2) is 0 Å². The fourth-order valence-corrected chi connectivity index (χ4v) is 2.87. The highest BCUT2D eigenvalue weighted by Gasteiger charge is 2.11. The van der Waals surface area contributed by atoms with Crippen LogP contribution in [0.3, 0.4) is 0 Å². The molecule has 112 valence electrons. The molecule has 2 heterocycles. The Bertz CT molecular complexity index is 1060. The van der Waals surface area contributed by atoms with Crippen molar-refractivity contribution >= 4 is 38.5 Å². The van der Waals surface area contributed by atoms with E-state index in [1.165, 1.54) is 0 Å². The van der Waals surface area contributed by atoms with Crippen LogP contribution in [0.1, 0.15) is 17.3 Å². The van der Waals surface area contributed by atoms with Gasteiger partial charge in [0, 0.05) is 28.6 Å². The van der Waals surface area contributed by atoms with E-state index < -0.39 is 0 Å². The van der Waals surface area contributed by atoms with Crippen LogP contribution >= 0.6 is 0 Å². The summed E-state index contributed by atoms with van der Waals surface area (Å²) in [5.74, 6) is -0.349. The first-order valence-corrected chi connectivity index (χ1v) is 7.51. The number of ether oxygens (including phenoxy) is 1. The molecule has 2 aromatic carbocycles. The number of pyridine rings is 2. The van der Waals surface area contributed by atoms with Crippen molar-refractivity contribution in [1.29, 1.82) is 0 Å². The first-order chi connectivity index (χ1) is 11.3. The van der Waals surface area contributed by atoms with E-state index in [2.05, 4.69) is 16.0 Å². The van der Waals surface area contributed by atoms with Crippen LogP contribution in [0.5, 0.6) is 0 Å². The lowest BCUT2D eigenvalue weighted by molar-refractivity contribution is 0.0526. The lowest BCUT2D eigenvalue weighted by Crippen LogP contribution is -2.05. The molecule has 0 fully saturated rings. The van der Waals surface area contributed by atoms with E-state index >= 15 is 0 Å². The Morgan fingerprint density at radius 3 is 2.78 bits per heavy atom. The highest BCUT2D eigenvalue weighted by atomic mass is 16.5. The Kier molecular flexibility index (Phi) is 3.15. The molecule has 0 aliphatic rings. The molecular weight excluding hydrogens is 288 g/mol. The van der Waals surface area contributed by atoms with Crippen molar-refractivity contribution in [2.45, 2.75) is 6.92 Å². The maximum atomic E-state index is 11.9. The predicted octanol–water partition coefficient (Wildman–Crippen LogP) is 4.11. The van der Waals surface area contributed by atoms with Gasteiger partial charge in [-0.2, -0.15) is 0 Å². The summed E-state index contributed by atoms with van der Waals surface area (Å²) in [6.45, 7) is 2.14. The van der Waals surface area contributed by atoms with Gasteiger partial charge < -0.3 is 4.74 Å². The van der Waals surface area contributed by atoms with Crippen molar-refractivity contribution in [3.05, 3.63) is 60.4 Å². The second kappa shape index (κ2) is 5.32. The molecule has 4 heteroatoms.